The molecule has 0 atom stereocenters. The molecule has 0 aliphatic heterocycles. The minimum absolute atomic E-state index is 0.0807. The van der Waals surface area contributed by atoms with Crippen LogP contribution in [0.2, 0.25) is 0 Å². The van der Waals surface area contributed by atoms with E-state index in [1.807, 2.05) is 0 Å². The summed E-state index contributed by atoms with van der Waals surface area (Å²) in [4.78, 5) is 17.1. The number of nitrogens with zero attached hydrogens (tertiary/aromatic N) is 4. The Morgan fingerprint density at radius 1 is 1.67 bits per heavy atom. The molecule has 2 N–H and O–H groups in total. The van der Waals surface area contributed by atoms with Crippen molar-refractivity contribution in [3.05, 3.63) is 40.0 Å². The number of hydrogen-bond acceptors (Lipinski definition) is 3. The number of primary amides is 1. The van der Waals surface area contributed by atoms with Gasteiger partial charge in [-0.1, -0.05) is 17.0 Å². The van der Waals surface area contributed by atoms with Crippen molar-refractivity contribution >= 4 is 5.91 Å². The zero-order valence-electron chi connectivity index (χ0n) is 7.71. The molecule has 74 valence electrons. The monoisotopic (exact) mass is 201 g/mol. The molecular weight excluding hydrogens is 194 g/mol. The first-order chi connectivity index (χ1) is 7.24. The predicted molar refractivity (Wildman–Crippen MR) is 53.6 cm³/mol. The van der Waals surface area contributed by atoms with Gasteiger partial charge in [-0.2, -0.15) is 0 Å². The Hall–Kier alpha value is -2.51. The van der Waals surface area contributed by atoms with Crippen molar-refractivity contribution in [2.75, 3.05) is 6.54 Å². The summed E-state index contributed by atoms with van der Waals surface area (Å²) in [6, 6.07) is 1.53. The van der Waals surface area contributed by atoms with Gasteiger partial charge in [0.2, 0.25) is 5.91 Å². The van der Waals surface area contributed by atoms with E-state index in [1.165, 1.54) is 18.5 Å². The molecule has 1 aromatic rings. The molecule has 0 bridgehead atoms. The summed E-state index contributed by atoms with van der Waals surface area (Å²) < 4.78 is 0. The van der Waals surface area contributed by atoms with Gasteiger partial charge in [-0.3, -0.25) is 9.78 Å². The molecule has 1 rings (SSSR count). The molecule has 0 spiro atoms. The highest BCUT2D eigenvalue weighted by atomic mass is 16.1. The molecule has 15 heavy (non-hydrogen) atoms. The van der Waals surface area contributed by atoms with Crippen molar-refractivity contribution in [1.29, 1.82) is 0 Å². The first kappa shape index (κ1) is 10.6. The van der Waals surface area contributed by atoms with Gasteiger partial charge in [0.1, 0.15) is 0 Å². The fraction of sp³-hybridized carbons (Fsp3) is 0.111. The number of nitrogens with two attached hydrogens (primary N) is 1. The summed E-state index contributed by atoms with van der Waals surface area (Å²) in [5.41, 5.74) is 13.9. The van der Waals surface area contributed by atoms with Crippen molar-refractivity contribution < 1.29 is 4.79 Å². The average molecular weight is 201 g/mol. The van der Waals surface area contributed by atoms with Crippen molar-refractivity contribution in [1.82, 2.24) is 4.98 Å². The van der Waals surface area contributed by atoms with E-state index >= 15 is 0 Å². The molecule has 6 heteroatoms. The van der Waals surface area contributed by atoms with Gasteiger partial charge in [0, 0.05) is 22.9 Å². The van der Waals surface area contributed by atoms with E-state index in [1.54, 1.807) is 0 Å². The van der Waals surface area contributed by atoms with Crippen LogP contribution in [-0.2, 0) is 0 Å². The second-order valence-corrected chi connectivity index (χ2v) is 2.52. The van der Waals surface area contributed by atoms with Crippen molar-refractivity contribution in [2.24, 2.45) is 10.8 Å². The molecule has 0 aromatic carbocycles. The number of azide groups is 1. The van der Waals surface area contributed by atoms with E-state index < -0.39 is 5.91 Å². The minimum Gasteiger partial charge on any atom is -0.366 e. The first-order valence-corrected chi connectivity index (χ1v) is 3.98. The number of aromatic nitrogens is 1. The molecule has 0 aliphatic carbocycles. The molecule has 1 aromatic heterocycles. The van der Waals surface area contributed by atoms with Crippen LogP contribution in [0.4, 0.5) is 0 Å². The molecular formula is C9H7N5O. The molecule has 0 fully saturated rings. The zero-order valence-corrected chi connectivity index (χ0v) is 7.71. The Morgan fingerprint density at radius 3 is 3.13 bits per heavy atom. The number of pyridine rings is 1. The average Bonchev–Trinajstić information content (AvgIpc) is 2.25. The molecule has 0 aliphatic rings. The lowest BCUT2D eigenvalue weighted by molar-refractivity contribution is 0.1000. The van der Waals surface area contributed by atoms with Gasteiger partial charge in [0.15, 0.2) is 0 Å². The number of rotatable bonds is 2. The van der Waals surface area contributed by atoms with Gasteiger partial charge in [-0.15, -0.1) is 0 Å². The predicted octanol–water partition coefficient (Wildman–Crippen LogP) is 0.842. The summed E-state index contributed by atoms with van der Waals surface area (Å²) in [6.45, 7) is 0.0807. The number of amides is 1. The van der Waals surface area contributed by atoms with Gasteiger partial charge in [0.05, 0.1) is 12.1 Å². The van der Waals surface area contributed by atoms with Crippen molar-refractivity contribution in [3.8, 4) is 11.8 Å². The Bertz CT molecular complexity index is 479. The lowest BCUT2D eigenvalue weighted by Gasteiger charge is -1.94. The standard InChI is InChI=1S/C9H7N5O/c10-9(15)8-4-7(5-12-6-8)2-1-3-13-14-11/h4-6H,3H2,(H2,10,15). The number of hydrogen-bond donors (Lipinski definition) is 1. The third-order valence-electron chi connectivity index (χ3n) is 1.47. The van der Waals surface area contributed by atoms with Crippen LogP contribution >= 0.6 is 0 Å². The molecule has 0 saturated carbocycles. The minimum atomic E-state index is -0.554. The summed E-state index contributed by atoms with van der Waals surface area (Å²) in [6.07, 6.45) is 2.86. The maximum atomic E-state index is 10.8. The lowest BCUT2D eigenvalue weighted by Crippen LogP contribution is -2.11. The van der Waals surface area contributed by atoms with E-state index in [0.29, 0.717) is 11.1 Å². The highest BCUT2D eigenvalue weighted by Crippen LogP contribution is 1.99. The highest BCUT2D eigenvalue weighted by Gasteiger charge is 1.99. The van der Waals surface area contributed by atoms with Gasteiger partial charge >= 0.3 is 0 Å². The number of carbonyl (C=O) groups is 1. The third-order valence-corrected chi connectivity index (χ3v) is 1.47. The molecule has 0 radical (unpaired) electrons. The normalized spacial score (nSPS) is 8.27. The Labute approximate surface area is 85.7 Å². The van der Waals surface area contributed by atoms with Crippen LogP contribution in [0.1, 0.15) is 15.9 Å². The molecule has 1 amide bonds. The fourth-order valence-electron chi connectivity index (χ4n) is 0.852. The Morgan fingerprint density at radius 2 is 2.47 bits per heavy atom. The maximum Gasteiger partial charge on any atom is 0.250 e. The molecule has 6 nitrogen and oxygen atoms in total. The number of carbonyl (C=O) groups excluding carboxylic acids is 1. The van der Waals surface area contributed by atoms with Crippen LogP contribution in [0.25, 0.3) is 10.4 Å². The SMILES string of the molecule is [N-]=[N+]=NCC#Cc1cncc(C(N)=O)c1. The lowest BCUT2D eigenvalue weighted by atomic mass is 10.2. The topological polar surface area (TPSA) is 105 Å². The quantitative estimate of drug-likeness (QED) is 0.331. The van der Waals surface area contributed by atoms with Gasteiger partial charge in [-0.25, -0.2) is 0 Å². The van der Waals surface area contributed by atoms with Crippen LogP contribution in [0.15, 0.2) is 23.6 Å². The van der Waals surface area contributed by atoms with Crippen LogP contribution < -0.4 is 5.73 Å². The Kier molecular flexibility index (Phi) is 3.71. The van der Waals surface area contributed by atoms with Crippen LogP contribution in [0.5, 0.6) is 0 Å². The summed E-state index contributed by atoms with van der Waals surface area (Å²) in [5, 5.41) is 3.24. The van der Waals surface area contributed by atoms with Crippen LogP contribution in [0, 0.1) is 11.8 Å². The third kappa shape index (κ3) is 3.38. The largest absolute Gasteiger partial charge is 0.366 e. The highest BCUT2D eigenvalue weighted by molar-refractivity contribution is 5.92. The summed E-state index contributed by atoms with van der Waals surface area (Å²) in [7, 11) is 0. The summed E-state index contributed by atoms with van der Waals surface area (Å²) in [5.74, 6) is 4.74. The van der Waals surface area contributed by atoms with E-state index in [4.69, 9.17) is 11.3 Å². The van der Waals surface area contributed by atoms with Gasteiger partial charge < -0.3 is 5.73 Å². The fourth-order valence-corrected chi connectivity index (χ4v) is 0.852. The maximum absolute atomic E-state index is 10.8. The van der Waals surface area contributed by atoms with E-state index in [0.717, 1.165) is 0 Å². The first-order valence-electron chi connectivity index (χ1n) is 3.98. The molecule has 0 unspecified atom stereocenters. The van der Waals surface area contributed by atoms with Crippen LogP contribution in [-0.4, -0.2) is 17.4 Å². The van der Waals surface area contributed by atoms with Crippen molar-refractivity contribution in [2.45, 2.75) is 0 Å². The molecule has 1 heterocycles. The second-order valence-electron chi connectivity index (χ2n) is 2.52. The van der Waals surface area contributed by atoms with Crippen LogP contribution in [0.3, 0.4) is 0 Å². The zero-order chi connectivity index (χ0) is 11.1. The molecule has 0 saturated heterocycles. The Balaban J connectivity index is 2.84. The van der Waals surface area contributed by atoms with Gasteiger partial charge in [-0.05, 0) is 11.6 Å². The van der Waals surface area contributed by atoms with E-state index in [-0.39, 0.29) is 6.54 Å². The van der Waals surface area contributed by atoms with E-state index in [9.17, 15) is 4.79 Å². The van der Waals surface area contributed by atoms with Crippen molar-refractivity contribution in [3.63, 3.8) is 0 Å². The summed E-state index contributed by atoms with van der Waals surface area (Å²) >= 11 is 0. The van der Waals surface area contributed by atoms with Gasteiger partial charge in [0.25, 0.3) is 0 Å². The second kappa shape index (κ2) is 5.27. The van der Waals surface area contributed by atoms with E-state index in [2.05, 4.69) is 26.9 Å². The smallest absolute Gasteiger partial charge is 0.250 e.